The summed E-state index contributed by atoms with van der Waals surface area (Å²) in [5.74, 6) is 1.34. The van der Waals surface area contributed by atoms with Gasteiger partial charge in [-0.15, -0.1) is 10.2 Å². The molecular formula is C15H16N4. The first-order valence-corrected chi connectivity index (χ1v) is 6.36. The quantitative estimate of drug-likeness (QED) is 0.762. The summed E-state index contributed by atoms with van der Waals surface area (Å²) in [5, 5.41) is 8.39. The standard InChI is InChI=1S/C15H16N4/c1-10(2)11-3-5-12(6-4-11)15-18-17-14-8-7-13(16)9-19(14)15/h3-10H,16H2,1-2H3. The summed E-state index contributed by atoms with van der Waals surface area (Å²) < 4.78 is 1.92. The van der Waals surface area contributed by atoms with Crippen molar-refractivity contribution in [2.45, 2.75) is 19.8 Å². The van der Waals surface area contributed by atoms with E-state index >= 15 is 0 Å². The predicted octanol–water partition coefficient (Wildman–Crippen LogP) is 3.10. The van der Waals surface area contributed by atoms with E-state index in [2.05, 4.69) is 48.3 Å². The van der Waals surface area contributed by atoms with Crippen molar-refractivity contribution in [2.24, 2.45) is 0 Å². The van der Waals surface area contributed by atoms with Gasteiger partial charge in [-0.25, -0.2) is 0 Å². The van der Waals surface area contributed by atoms with E-state index in [0.29, 0.717) is 11.6 Å². The number of hydrogen-bond acceptors (Lipinski definition) is 3. The highest BCUT2D eigenvalue weighted by Gasteiger charge is 2.08. The topological polar surface area (TPSA) is 56.2 Å². The number of pyridine rings is 1. The van der Waals surface area contributed by atoms with Gasteiger partial charge in [0.05, 0.1) is 0 Å². The molecule has 0 saturated carbocycles. The van der Waals surface area contributed by atoms with Gasteiger partial charge in [0.2, 0.25) is 0 Å². The SMILES string of the molecule is CC(C)c1ccc(-c2nnc3ccc(N)cn23)cc1. The Bertz CT molecular complexity index is 711. The molecule has 0 unspecified atom stereocenters. The van der Waals surface area contributed by atoms with Crippen LogP contribution >= 0.6 is 0 Å². The molecule has 0 spiro atoms. The second-order valence-electron chi connectivity index (χ2n) is 4.99. The van der Waals surface area contributed by atoms with Crippen molar-refractivity contribution in [2.75, 3.05) is 5.73 Å². The Morgan fingerprint density at radius 1 is 1.00 bits per heavy atom. The largest absolute Gasteiger partial charge is 0.398 e. The zero-order valence-corrected chi connectivity index (χ0v) is 11.0. The summed E-state index contributed by atoms with van der Waals surface area (Å²) in [5.41, 5.74) is 9.68. The molecule has 1 aromatic carbocycles. The molecular weight excluding hydrogens is 236 g/mol. The summed E-state index contributed by atoms with van der Waals surface area (Å²) in [6.45, 7) is 4.37. The van der Waals surface area contributed by atoms with E-state index in [1.165, 1.54) is 5.56 Å². The molecule has 96 valence electrons. The number of anilines is 1. The number of benzene rings is 1. The van der Waals surface area contributed by atoms with Crippen molar-refractivity contribution < 1.29 is 0 Å². The molecule has 2 N–H and O–H groups in total. The Morgan fingerprint density at radius 3 is 2.42 bits per heavy atom. The van der Waals surface area contributed by atoms with Gasteiger partial charge in [0.15, 0.2) is 11.5 Å². The predicted molar refractivity (Wildman–Crippen MR) is 76.9 cm³/mol. The Labute approximate surface area is 111 Å². The highest BCUT2D eigenvalue weighted by molar-refractivity contribution is 5.61. The van der Waals surface area contributed by atoms with Crippen LogP contribution in [0.4, 0.5) is 5.69 Å². The van der Waals surface area contributed by atoms with Gasteiger partial charge in [0.1, 0.15) is 0 Å². The monoisotopic (exact) mass is 252 g/mol. The van der Waals surface area contributed by atoms with E-state index in [1.807, 2.05) is 22.7 Å². The smallest absolute Gasteiger partial charge is 0.168 e. The van der Waals surface area contributed by atoms with Gasteiger partial charge < -0.3 is 5.73 Å². The van der Waals surface area contributed by atoms with E-state index in [0.717, 1.165) is 17.0 Å². The molecule has 2 aromatic heterocycles. The molecule has 0 amide bonds. The summed E-state index contributed by atoms with van der Waals surface area (Å²) in [4.78, 5) is 0. The first-order valence-electron chi connectivity index (χ1n) is 6.36. The molecule has 2 heterocycles. The first-order chi connectivity index (χ1) is 9.15. The minimum atomic E-state index is 0.528. The van der Waals surface area contributed by atoms with Crippen LogP contribution in [0.1, 0.15) is 25.3 Å². The van der Waals surface area contributed by atoms with Crippen LogP contribution in [-0.4, -0.2) is 14.6 Å². The minimum Gasteiger partial charge on any atom is -0.398 e. The van der Waals surface area contributed by atoms with Gasteiger partial charge in [-0.05, 0) is 23.6 Å². The second kappa shape index (κ2) is 4.39. The van der Waals surface area contributed by atoms with Crippen molar-refractivity contribution in [3.63, 3.8) is 0 Å². The van der Waals surface area contributed by atoms with E-state index in [-0.39, 0.29) is 0 Å². The summed E-state index contributed by atoms with van der Waals surface area (Å²) in [6.07, 6.45) is 1.85. The fraction of sp³-hybridized carbons (Fsp3) is 0.200. The zero-order valence-electron chi connectivity index (χ0n) is 11.0. The van der Waals surface area contributed by atoms with Gasteiger partial charge in [-0.3, -0.25) is 4.40 Å². The molecule has 0 aliphatic rings. The third-order valence-corrected chi connectivity index (χ3v) is 3.26. The summed E-state index contributed by atoms with van der Waals surface area (Å²) in [6, 6.07) is 12.1. The lowest BCUT2D eigenvalue weighted by Gasteiger charge is -2.06. The van der Waals surface area contributed by atoms with Gasteiger partial charge in [0.25, 0.3) is 0 Å². The molecule has 0 saturated heterocycles. The van der Waals surface area contributed by atoms with Gasteiger partial charge in [-0.2, -0.15) is 0 Å². The number of fused-ring (bicyclic) bond motifs is 1. The number of nitrogens with two attached hydrogens (primary N) is 1. The lowest BCUT2D eigenvalue weighted by atomic mass is 10.0. The fourth-order valence-electron chi connectivity index (χ4n) is 2.12. The van der Waals surface area contributed by atoms with Crippen LogP contribution in [0, 0.1) is 0 Å². The molecule has 19 heavy (non-hydrogen) atoms. The Hall–Kier alpha value is -2.36. The van der Waals surface area contributed by atoms with Crippen LogP contribution in [-0.2, 0) is 0 Å². The maximum Gasteiger partial charge on any atom is 0.168 e. The van der Waals surface area contributed by atoms with Crippen molar-refractivity contribution >= 4 is 11.3 Å². The molecule has 4 heteroatoms. The highest BCUT2D eigenvalue weighted by Crippen LogP contribution is 2.22. The average Bonchev–Trinajstić information content (AvgIpc) is 2.81. The maximum atomic E-state index is 5.82. The summed E-state index contributed by atoms with van der Waals surface area (Å²) >= 11 is 0. The van der Waals surface area contributed by atoms with Crippen LogP contribution in [0.5, 0.6) is 0 Å². The van der Waals surface area contributed by atoms with Crippen LogP contribution in [0.15, 0.2) is 42.6 Å². The van der Waals surface area contributed by atoms with Crippen molar-refractivity contribution in [1.29, 1.82) is 0 Å². The number of hydrogen-bond donors (Lipinski definition) is 1. The van der Waals surface area contributed by atoms with Crippen LogP contribution in [0.2, 0.25) is 0 Å². The molecule has 0 aliphatic heterocycles. The Balaban J connectivity index is 2.11. The number of nitrogen functional groups attached to an aromatic ring is 1. The highest BCUT2D eigenvalue weighted by atomic mass is 15.2. The minimum absolute atomic E-state index is 0.528. The van der Waals surface area contributed by atoms with Crippen molar-refractivity contribution in [3.05, 3.63) is 48.2 Å². The van der Waals surface area contributed by atoms with Gasteiger partial charge in [0, 0.05) is 17.4 Å². The van der Waals surface area contributed by atoms with Gasteiger partial charge in [-0.1, -0.05) is 38.1 Å². The molecule has 3 rings (SSSR count). The molecule has 3 aromatic rings. The number of rotatable bonds is 2. The molecule has 0 aliphatic carbocycles. The Kier molecular flexibility index (Phi) is 2.71. The number of nitrogens with zero attached hydrogens (tertiary/aromatic N) is 3. The van der Waals surface area contributed by atoms with Crippen molar-refractivity contribution in [3.8, 4) is 11.4 Å². The second-order valence-corrected chi connectivity index (χ2v) is 4.99. The first kappa shape index (κ1) is 11.7. The summed E-state index contributed by atoms with van der Waals surface area (Å²) in [7, 11) is 0. The third-order valence-electron chi connectivity index (χ3n) is 3.26. The van der Waals surface area contributed by atoms with Crippen LogP contribution < -0.4 is 5.73 Å². The van der Waals surface area contributed by atoms with E-state index in [1.54, 1.807) is 0 Å². The molecule has 0 radical (unpaired) electrons. The average molecular weight is 252 g/mol. The normalized spacial score (nSPS) is 11.3. The maximum absolute atomic E-state index is 5.82. The molecule has 0 atom stereocenters. The lowest BCUT2D eigenvalue weighted by molar-refractivity contribution is 0.867. The number of aromatic nitrogens is 3. The van der Waals surface area contributed by atoms with Crippen LogP contribution in [0.25, 0.3) is 17.0 Å². The molecule has 4 nitrogen and oxygen atoms in total. The molecule has 0 fully saturated rings. The van der Waals surface area contributed by atoms with E-state index in [4.69, 9.17) is 5.73 Å². The molecule has 0 bridgehead atoms. The zero-order chi connectivity index (χ0) is 13.4. The van der Waals surface area contributed by atoms with E-state index < -0.39 is 0 Å². The lowest BCUT2D eigenvalue weighted by Crippen LogP contribution is -1.93. The fourth-order valence-corrected chi connectivity index (χ4v) is 2.12. The van der Waals surface area contributed by atoms with Crippen LogP contribution in [0.3, 0.4) is 0 Å². The third kappa shape index (κ3) is 2.05. The Morgan fingerprint density at radius 2 is 1.74 bits per heavy atom. The van der Waals surface area contributed by atoms with E-state index in [9.17, 15) is 0 Å². The van der Waals surface area contributed by atoms with Crippen molar-refractivity contribution in [1.82, 2.24) is 14.6 Å². The van der Waals surface area contributed by atoms with Gasteiger partial charge >= 0.3 is 0 Å².